The van der Waals surface area contributed by atoms with Crippen LogP contribution in [0.15, 0.2) is 83.5 Å². The summed E-state index contributed by atoms with van der Waals surface area (Å²) in [5, 5.41) is 11.4. The van der Waals surface area contributed by atoms with Crippen molar-refractivity contribution in [1.82, 2.24) is 0 Å². The van der Waals surface area contributed by atoms with Crippen LogP contribution in [0.25, 0.3) is 6.08 Å². The van der Waals surface area contributed by atoms with Crippen LogP contribution in [-0.2, 0) is 16.1 Å². The molecule has 1 aliphatic heterocycles. The first-order valence-corrected chi connectivity index (χ1v) is 9.60. The minimum absolute atomic E-state index is 0.0557. The number of cyclic esters (lactones) is 1. The number of ether oxygens (including phenoxy) is 2. The van der Waals surface area contributed by atoms with Crippen molar-refractivity contribution < 1.29 is 19.2 Å². The second kappa shape index (κ2) is 8.81. The highest BCUT2D eigenvalue weighted by atomic mass is 35.5. The van der Waals surface area contributed by atoms with Crippen molar-refractivity contribution in [2.45, 2.75) is 6.61 Å². The van der Waals surface area contributed by atoms with Crippen LogP contribution in [-0.4, -0.2) is 16.8 Å². The number of non-ortho nitro benzene ring substituents is 1. The van der Waals surface area contributed by atoms with Gasteiger partial charge in [0.2, 0.25) is 5.90 Å². The van der Waals surface area contributed by atoms with Crippen LogP contribution in [0.2, 0.25) is 5.02 Å². The van der Waals surface area contributed by atoms with Gasteiger partial charge in [-0.15, -0.1) is 0 Å². The van der Waals surface area contributed by atoms with Crippen molar-refractivity contribution in [3.63, 3.8) is 0 Å². The van der Waals surface area contributed by atoms with Crippen LogP contribution in [0.3, 0.4) is 0 Å². The lowest BCUT2D eigenvalue weighted by Gasteiger charge is -2.07. The zero-order valence-electron chi connectivity index (χ0n) is 16.0. The van der Waals surface area contributed by atoms with E-state index in [0.29, 0.717) is 28.5 Å². The topological polar surface area (TPSA) is 91.0 Å². The van der Waals surface area contributed by atoms with Crippen molar-refractivity contribution in [3.8, 4) is 5.75 Å². The molecule has 0 N–H and O–H groups in total. The average Bonchev–Trinajstić information content (AvgIpc) is 3.14. The predicted molar refractivity (Wildman–Crippen MR) is 116 cm³/mol. The van der Waals surface area contributed by atoms with Gasteiger partial charge in [-0.2, -0.15) is 0 Å². The van der Waals surface area contributed by atoms with Gasteiger partial charge in [-0.3, -0.25) is 10.1 Å². The van der Waals surface area contributed by atoms with Gasteiger partial charge in [0.05, 0.1) is 4.92 Å². The maximum absolute atomic E-state index is 12.2. The first-order valence-electron chi connectivity index (χ1n) is 9.23. The van der Waals surface area contributed by atoms with E-state index in [1.54, 1.807) is 24.3 Å². The number of nitro groups is 1. The van der Waals surface area contributed by atoms with Gasteiger partial charge in [0, 0.05) is 22.7 Å². The van der Waals surface area contributed by atoms with Crippen molar-refractivity contribution in [1.29, 1.82) is 0 Å². The fourth-order valence-electron chi connectivity index (χ4n) is 2.86. The molecule has 0 spiro atoms. The first kappa shape index (κ1) is 20.3. The standard InChI is InChI=1S/C23H15ClN2O5/c24-18-8-4-15(5-9-18)14-30-20-3-1-2-16(12-20)13-21-23(27)31-22(25-21)17-6-10-19(11-7-17)26(28)29/h1-13H,14H2/b21-13-. The van der Waals surface area contributed by atoms with E-state index < -0.39 is 10.9 Å². The lowest BCUT2D eigenvalue weighted by Crippen LogP contribution is -2.05. The van der Waals surface area contributed by atoms with Crippen LogP contribution in [0.4, 0.5) is 5.69 Å². The summed E-state index contributed by atoms with van der Waals surface area (Å²) in [5.74, 6) is 0.136. The largest absolute Gasteiger partial charge is 0.489 e. The van der Waals surface area contributed by atoms with Gasteiger partial charge in [0.25, 0.3) is 5.69 Å². The van der Waals surface area contributed by atoms with Crippen LogP contribution in [0, 0.1) is 10.1 Å². The molecule has 0 saturated carbocycles. The lowest BCUT2D eigenvalue weighted by molar-refractivity contribution is -0.384. The third-order valence-electron chi connectivity index (χ3n) is 4.43. The Morgan fingerprint density at radius 1 is 1.06 bits per heavy atom. The molecule has 1 heterocycles. The number of nitrogens with zero attached hydrogens (tertiary/aromatic N) is 2. The number of halogens is 1. The molecule has 8 heteroatoms. The molecule has 4 rings (SSSR count). The van der Waals surface area contributed by atoms with E-state index in [9.17, 15) is 14.9 Å². The van der Waals surface area contributed by atoms with E-state index in [1.165, 1.54) is 24.3 Å². The molecule has 0 bridgehead atoms. The number of aliphatic imine (C=N–C) groups is 1. The summed E-state index contributed by atoms with van der Waals surface area (Å²) in [7, 11) is 0. The lowest BCUT2D eigenvalue weighted by atomic mass is 10.2. The summed E-state index contributed by atoms with van der Waals surface area (Å²) in [4.78, 5) is 26.7. The molecule has 0 aliphatic carbocycles. The quantitative estimate of drug-likeness (QED) is 0.231. The summed E-state index contributed by atoms with van der Waals surface area (Å²) in [6.45, 7) is 0.377. The van der Waals surface area contributed by atoms with Gasteiger partial charge in [-0.25, -0.2) is 9.79 Å². The molecule has 7 nitrogen and oxygen atoms in total. The molecule has 0 fully saturated rings. The van der Waals surface area contributed by atoms with E-state index in [2.05, 4.69) is 4.99 Å². The van der Waals surface area contributed by atoms with Gasteiger partial charge in [-0.05, 0) is 53.6 Å². The highest BCUT2D eigenvalue weighted by Crippen LogP contribution is 2.23. The van der Waals surface area contributed by atoms with Gasteiger partial charge in [0.15, 0.2) is 5.70 Å². The number of nitro benzene ring substituents is 1. The van der Waals surface area contributed by atoms with Crippen LogP contribution < -0.4 is 4.74 Å². The Kier molecular flexibility index (Phi) is 5.77. The monoisotopic (exact) mass is 434 g/mol. The maximum atomic E-state index is 12.2. The molecular formula is C23H15ClN2O5. The zero-order valence-corrected chi connectivity index (χ0v) is 16.8. The minimum atomic E-state index is -0.596. The molecular weight excluding hydrogens is 420 g/mol. The number of benzene rings is 3. The predicted octanol–water partition coefficient (Wildman–Crippen LogP) is 5.17. The number of esters is 1. The van der Waals surface area contributed by atoms with Crippen LogP contribution in [0.5, 0.6) is 5.75 Å². The minimum Gasteiger partial charge on any atom is -0.489 e. The molecule has 3 aromatic carbocycles. The summed E-state index contributed by atoms with van der Waals surface area (Å²) >= 11 is 5.89. The Labute approximate surface area is 182 Å². The fraction of sp³-hybridized carbons (Fsp3) is 0.0435. The molecule has 0 saturated heterocycles. The Hall–Kier alpha value is -3.97. The third kappa shape index (κ3) is 4.96. The van der Waals surface area contributed by atoms with Crippen LogP contribution >= 0.6 is 11.6 Å². The Balaban J connectivity index is 1.49. The van der Waals surface area contributed by atoms with Gasteiger partial charge in [-0.1, -0.05) is 35.9 Å². The SMILES string of the molecule is O=C1OC(c2ccc([N+](=O)[O-])cc2)=N/C1=C\c1cccc(OCc2ccc(Cl)cc2)c1. The van der Waals surface area contributed by atoms with Crippen LogP contribution in [0.1, 0.15) is 16.7 Å². The average molecular weight is 435 g/mol. The van der Waals surface area contributed by atoms with Crippen molar-refractivity contribution in [3.05, 3.63) is 110 Å². The highest BCUT2D eigenvalue weighted by molar-refractivity contribution is 6.30. The van der Waals surface area contributed by atoms with E-state index in [4.69, 9.17) is 21.1 Å². The smallest absolute Gasteiger partial charge is 0.363 e. The second-order valence-corrected chi connectivity index (χ2v) is 7.06. The summed E-state index contributed by atoms with van der Waals surface area (Å²) < 4.78 is 11.0. The molecule has 1 aliphatic rings. The van der Waals surface area contributed by atoms with Crippen molar-refractivity contribution in [2.75, 3.05) is 0 Å². The van der Waals surface area contributed by atoms with Crippen molar-refractivity contribution in [2.24, 2.45) is 4.99 Å². The summed E-state index contributed by atoms with van der Waals surface area (Å²) in [6, 6.07) is 20.2. The Bertz CT molecular complexity index is 1200. The fourth-order valence-corrected chi connectivity index (χ4v) is 2.98. The number of rotatable bonds is 6. The Morgan fingerprint density at radius 2 is 1.81 bits per heavy atom. The van der Waals surface area contributed by atoms with E-state index >= 15 is 0 Å². The molecule has 0 aromatic heterocycles. The molecule has 0 radical (unpaired) electrons. The van der Waals surface area contributed by atoms with Crippen molar-refractivity contribution >= 4 is 35.2 Å². The van der Waals surface area contributed by atoms with Gasteiger partial charge in [0.1, 0.15) is 12.4 Å². The third-order valence-corrected chi connectivity index (χ3v) is 4.68. The van der Waals surface area contributed by atoms with E-state index in [1.807, 2.05) is 30.3 Å². The zero-order chi connectivity index (χ0) is 21.8. The second-order valence-electron chi connectivity index (χ2n) is 6.63. The van der Waals surface area contributed by atoms with E-state index in [0.717, 1.165) is 5.56 Å². The molecule has 3 aromatic rings. The maximum Gasteiger partial charge on any atom is 0.363 e. The summed E-state index contributed by atoms with van der Waals surface area (Å²) in [5.41, 5.74) is 2.24. The highest BCUT2D eigenvalue weighted by Gasteiger charge is 2.24. The summed E-state index contributed by atoms with van der Waals surface area (Å²) in [6.07, 6.45) is 1.59. The number of carbonyl (C=O) groups is 1. The number of hydrogen-bond donors (Lipinski definition) is 0. The Morgan fingerprint density at radius 3 is 2.52 bits per heavy atom. The number of hydrogen-bond acceptors (Lipinski definition) is 6. The van der Waals surface area contributed by atoms with Gasteiger partial charge >= 0.3 is 5.97 Å². The van der Waals surface area contributed by atoms with E-state index in [-0.39, 0.29) is 17.3 Å². The molecule has 154 valence electrons. The number of carbonyl (C=O) groups excluding carboxylic acids is 1. The molecule has 31 heavy (non-hydrogen) atoms. The normalized spacial score (nSPS) is 14.3. The molecule has 0 amide bonds. The van der Waals surface area contributed by atoms with Gasteiger partial charge < -0.3 is 9.47 Å². The molecule has 0 unspecified atom stereocenters. The molecule has 0 atom stereocenters. The first-order chi connectivity index (χ1) is 15.0.